The Bertz CT molecular complexity index is 331. The Morgan fingerprint density at radius 1 is 1.15 bits per heavy atom. The normalized spacial score (nSPS) is 16.2. The maximum absolute atomic E-state index is 11.2. The van der Waals surface area contributed by atoms with Gasteiger partial charge in [-0.05, 0) is 12.1 Å². The Morgan fingerprint density at radius 2 is 1.85 bits per heavy atom. The number of ether oxygens (including phenoxy) is 1. The highest BCUT2D eigenvalue weighted by atomic mass is 16.6. The summed E-state index contributed by atoms with van der Waals surface area (Å²) in [7, 11) is 0. The van der Waals surface area contributed by atoms with E-state index in [1.807, 2.05) is 6.07 Å². The van der Waals surface area contributed by atoms with E-state index in [4.69, 9.17) is 0 Å². The molecule has 13 heavy (non-hydrogen) atoms. The number of hydrogen-bond acceptors (Lipinski definition) is 3. The molecule has 1 aliphatic rings. The first-order valence-electron chi connectivity index (χ1n) is 3.84. The van der Waals surface area contributed by atoms with Crippen molar-refractivity contribution in [3.8, 4) is 0 Å². The van der Waals surface area contributed by atoms with Crippen LogP contribution in [-0.2, 0) is 9.53 Å². The molecule has 2 rings (SSSR count). The van der Waals surface area contributed by atoms with Gasteiger partial charge >= 0.3 is 6.09 Å². The van der Waals surface area contributed by atoms with Crippen molar-refractivity contribution in [3.63, 3.8) is 0 Å². The minimum absolute atomic E-state index is 0.159. The van der Waals surface area contributed by atoms with Gasteiger partial charge in [-0.3, -0.25) is 4.79 Å². The van der Waals surface area contributed by atoms with Crippen LogP contribution in [-0.4, -0.2) is 18.6 Å². The largest absolute Gasteiger partial charge is 0.439 e. The fourth-order valence-corrected chi connectivity index (χ4v) is 1.18. The van der Waals surface area contributed by atoms with Gasteiger partial charge < -0.3 is 4.74 Å². The first-order chi connectivity index (χ1) is 6.29. The molecule has 0 aromatic heterocycles. The monoisotopic (exact) mass is 177 g/mol. The van der Waals surface area contributed by atoms with Gasteiger partial charge in [0.1, 0.15) is 0 Å². The van der Waals surface area contributed by atoms with Crippen LogP contribution < -0.4 is 4.90 Å². The van der Waals surface area contributed by atoms with E-state index in [1.54, 1.807) is 24.3 Å². The lowest BCUT2D eigenvalue weighted by molar-refractivity contribution is -0.117. The third-order valence-electron chi connectivity index (χ3n) is 1.77. The molecule has 0 radical (unpaired) electrons. The van der Waals surface area contributed by atoms with Crippen molar-refractivity contribution in [1.29, 1.82) is 0 Å². The second kappa shape index (κ2) is 2.90. The summed E-state index contributed by atoms with van der Waals surface area (Å²) >= 11 is 0. The summed E-state index contributed by atoms with van der Waals surface area (Å²) in [5.41, 5.74) is 0.551. The minimum atomic E-state index is -0.601. The lowest BCUT2D eigenvalue weighted by Crippen LogP contribution is -2.28. The number of anilines is 1. The molecule has 0 aliphatic carbocycles. The molecular weight excluding hydrogens is 170 g/mol. The average molecular weight is 177 g/mol. The second-order valence-electron chi connectivity index (χ2n) is 2.62. The minimum Gasteiger partial charge on any atom is -0.439 e. The molecule has 0 unspecified atom stereocenters. The van der Waals surface area contributed by atoms with Gasteiger partial charge in [-0.25, -0.2) is 9.69 Å². The molecule has 4 heteroatoms. The molecule has 1 aromatic rings. The van der Waals surface area contributed by atoms with Crippen molar-refractivity contribution in [2.75, 3.05) is 11.5 Å². The van der Waals surface area contributed by atoms with E-state index in [9.17, 15) is 9.59 Å². The van der Waals surface area contributed by atoms with E-state index in [1.165, 1.54) is 0 Å². The number of carbonyl (C=O) groups is 2. The maximum Gasteiger partial charge on any atom is 0.421 e. The number of carbonyl (C=O) groups excluding carboxylic acids is 2. The van der Waals surface area contributed by atoms with E-state index < -0.39 is 6.09 Å². The Balaban J connectivity index is 2.36. The summed E-state index contributed by atoms with van der Waals surface area (Å²) in [6.45, 7) is -0.159. The Hall–Kier alpha value is -1.84. The van der Waals surface area contributed by atoms with Crippen LogP contribution in [0.3, 0.4) is 0 Å². The lowest BCUT2D eigenvalue weighted by Gasteiger charge is -2.09. The quantitative estimate of drug-likeness (QED) is 0.646. The summed E-state index contributed by atoms with van der Waals surface area (Å²) in [5.74, 6) is -0.323. The molecule has 1 heterocycles. The predicted molar refractivity (Wildman–Crippen MR) is 45.3 cm³/mol. The van der Waals surface area contributed by atoms with Crippen LogP contribution >= 0.6 is 0 Å². The Morgan fingerprint density at radius 3 is 2.38 bits per heavy atom. The average Bonchev–Trinajstić information content (AvgIpc) is 2.48. The van der Waals surface area contributed by atoms with Crippen molar-refractivity contribution in [1.82, 2.24) is 0 Å². The highest BCUT2D eigenvalue weighted by Gasteiger charge is 2.31. The molecule has 1 aliphatic heterocycles. The van der Waals surface area contributed by atoms with Crippen molar-refractivity contribution in [2.24, 2.45) is 0 Å². The van der Waals surface area contributed by atoms with Gasteiger partial charge in [0, 0.05) is 0 Å². The number of hydrogen-bond donors (Lipinski definition) is 0. The molecule has 2 amide bonds. The van der Waals surface area contributed by atoms with E-state index in [2.05, 4.69) is 4.74 Å². The van der Waals surface area contributed by atoms with Crippen LogP contribution in [0.15, 0.2) is 30.3 Å². The Labute approximate surface area is 74.7 Å². The van der Waals surface area contributed by atoms with E-state index in [0.29, 0.717) is 5.69 Å². The van der Waals surface area contributed by atoms with Gasteiger partial charge in [0.05, 0.1) is 5.69 Å². The lowest BCUT2D eigenvalue weighted by atomic mass is 10.3. The van der Waals surface area contributed by atoms with Gasteiger partial charge in [-0.1, -0.05) is 18.2 Å². The summed E-state index contributed by atoms with van der Waals surface area (Å²) in [4.78, 5) is 23.3. The van der Waals surface area contributed by atoms with Crippen LogP contribution in [0.25, 0.3) is 0 Å². The SMILES string of the molecule is O=C1COC(=O)N1c1ccccc1. The zero-order valence-electron chi connectivity index (χ0n) is 6.77. The molecule has 0 spiro atoms. The van der Waals surface area contributed by atoms with Gasteiger partial charge in [0.15, 0.2) is 6.61 Å². The maximum atomic E-state index is 11.2. The number of cyclic esters (lactones) is 1. The van der Waals surface area contributed by atoms with Gasteiger partial charge in [-0.15, -0.1) is 0 Å². The van der Waals surface area contributed by atoms with Gasteiger partial charge in [-0.2, -0.15) is 0 Å². The van der Waals surface area contributed by atoms with Gasteiger partial charge in [0.2, 0.25) is 0 Å². The summed E-state index contributed by atoms with van der Waals surface area (Å²) < 4.78 is 4.57. The number of para-hydroxylation sites is 1. The smallest absolute Gasteiger partial charge is 0.421 e. The number of rotatable bonds is 1. The number of benzene rings is 1. The molecule has 0 saturated carbocycles. The molecule has 1 saturated heterocycles. The first kappa shape index (κ1) is 7.79. The van der Waals surface area contributed by atoms with Crippen LogP contribution in [0.4, 0.5) is 10.5 Å². The zero-order valence-corrected chi connectivity index (χ0v) is 6.77. The second-order valence-corrected chi connectivity index (χ2v) is 2.62. The van der Waals surface area contributed by atoms with E-state index >= 15 is 0 Å². The van der Waals surface area contributed by atoms with Crippen LogP contribution in [0, 0.1) is 0 Å². The molecule has 0 bridgehead atoms. The van der Waals surface area contributed by atoms with Crippen LogP contribution in [0.2, 0.25) is 0 Å². The zero-order chi connectivity index (χ0) is 9.26. The molecule has 1 fully saturated rings. The Kier molecular flexibility index (Phi) is 1.73. The van der Waals surface area contributed by atoms with E-state index in [0.717, 1.165) is 4.90 Å². The van der Waals surface area contributed by atoms with Gasteiger partial charge in [0.25, 0.3) is 5.91 Å². The third kappa shape index (κ3) is 1.26. The summed E-state index contributed by atoms with van der Waals surface area (Å²) in [6.07, 6.45) is -0.601. The highest BCUT2D eigenvalue weighted by Crippen LogP contribution is 2.18. The fraction of sp³-hybridized carbons (Fsp3) is 0.111. The van der Waals surface area contributed by atoms with Crippen molar-refractivity contribution in [3.05, 3.63) is 30.3 Å². The number of imide groups is 1. The van der Waals surface area contributed by atoms with Crippen molar-refractivity contribution < 1.29 is 14.3 Å². The van der Waals surface area contributed by atoms with Crippen LogP contribution in [0.5, 0.6) is 0 Å². The summed E-state index contributed by atoms with van der Waals surface area (Å²) in [6, 6.07) is 8.70. The molecular formula is C9H7NO3. The molecule has 4 nitrogen and oxygen atoms in total. The predicted octanol–water partition coefficient (Wildman–Crippen LogP) is 1.17. The molecule has 0 atom stereocenters. The van der Waals surface area contributed by atoms with Crippen LogP contribution in [0.1, 0.15) is 0 Å². The third-order valence-corrected chi connectivity index (χ3v) is 1.77. The molecule has 66 valence electrons. The number of nitrogens with zero attached hydrogens (tertiary/aromatic N) is 1. The first-order valence-corrected chi connectivity index (χ1v) is 3.84. The summed E-state index contributed by atoms with van der Waals surface area (Å²) in [5, 5.41) is 0. The molecule has 1 aromatic carbocycles. The molecule has 0 N–H and O–H groups in total. The standard InChI is InChI=1S/C9H7NO3/c11-8-6-13-9(12)10(8)7-4-2-1-3-5-7/h1-5H,6H2. The number of amides is 2. The van der Waals surface area contributed by atoms with E-state index in [-0.39, 0.29) is 12.5 Å². The van der Waals surface area contributed by atoms with Crippen molar-refractivity contribution >= 4 is 17.7 Å². The topological polar surface area (TPSA) is 46.6 Å². The fourth-order valence-electron chi connectivity index (χ4n) is 1.18. The highest BCUT2D eigenvalue weighted by molar-refractivity contribution is 6.16. The van der Waals surface area contributed by atoms with Crippen molar-refractivity contribution in [2.45, 2.75) is 0 Å².